The second-order valence-electron chi connectivity index (χ2n) is 4.76. The third-order valence-corrected chi connectivity index (χ3v) is 3.03. The molecular weight excluding hydrogens is 265 g/mol. The van der Waals surface area contributed by atoms with Crippen LogP contribution in [0, 0.1) is 24.4 Å². The molecule has 2 aromatic carbocycles. The van der Waals surface area contributed by atoms with Gasteiger partial charge >= 0.3 is 0 Å². The number of nitrogens with one attached hydrogen (secondary N) is 1. The van der Waals surface area contributed by atoms with Crippen LogP contribution >= 0.6 is 0 Å². The van der Waals surface area contributed by atoms with Crippen molar-refractivity contribution in [1.82, 2.24) is 5.43 Å². The topological polar surface area (TPSA) is 38.0 Å². The van der Waals surface area contributed by atoms with Gasteiger partial charge in [0.2, 0.25) is 0 Å². The van der Waals surface area contributed by atoms with Crippen LogP contribution in [-0.2, 0) is 6.42 Å². The molecule has 0 fully saturated rings. The highest BCUT2D eigenvalue weighted by Crippen LogP contribution is 2.21. The molecule has 0 spiro atoms. The first kappa shape index (κ1) is 14.6. The predicted octanol–water partition coefficient (Wildman–Crippen LogP) is 3.16. The smallest absolute Gasteiger partial charge is 0.126 e. The Morgan fingerprint density at radius 3 is 2.10 bits per heavy atom. The van der Waals surface area contributed by atoms with E-state index in [0.717, 1.165) is 11.6 Å². The maximum absolute atomic E-state index is 13.4. The van der Waals surface area contributed by atoms with E-state index in [1.807, 2.05) is 0 Å². The molecule has 0 bridgehead atoms. The van der Waals surface area contributed by atoms with E-state index in [-0.39, 0.29) is 12.2 Å². The van der Waals surface area contributed by atoms with Crippen LogP contribution in [0.5, 0.6) is 0 Å². The first-order valence-corrected chi connectivity index (χ1v) is 6.16. The van der Waals surface area contributed by atoms with Gasteiger partial charge in [-0.3, -0.25) is 11.3 Å². The molecule has 0 radical (unpaired) electrons. The Balaban J connectivity index is 2.28. The van der Waals surface area contributed by atoms with Gasteiger partial charge in [-0.2, -0.15) is 0 Å². The molecule has 2 aromatic rings. The number of hydrogen-bond acceptors (Lipinski definition) is 2. The summed E-state index contributed by atoms with van der Waals surface area (Å²) in [6.45, 7) is 1.77. The lowest BCUT2D eigenvalue weighted by molar-refractivity contribution is 0.534. The lowest BCUT2D eigenvalue weighted by Crippen LogP contribution is -2.29. The first-order chi connectivity index (χ1) is 9.47. The number of benzene rings is 2. The Kier molecular flexibility index (Phi) is 4.42. The van der Waals surface area contributed by atoms with E-state index in [4.69, 9.17) is 5.84 Å². The van der Waals surface area contributed by atoms with Crippen LogP contribution in [0.15, 0.2) is 36.4 Å². The van der Waals surface area contributed by atoms with Crippen molar-refractivity contribution in [2.45, 2.75) is 19.4 Å². The third-order valence-electron chi connectivity index (χ3n) is 3.03. The molecule has 0 aliphatic rings. The number of hydrazine groups is 1. The summed E-state index contributed by atoms with van der Waals surface area (Å²) >= 11 is 0. The Bertz CT molecular complexity index is 574. The summed E-state index contributed by atoms with van der Waals surface area (Å²) in [7, 11) is 0. The lowest BCUT2D eigenvalue weighted by atomic mass is 9.98. The van der Waals surface area contributed by atoms with Crippen LogP contribution in [0.1, 0.15) is 22.7 Å². The van der Waals surface area contributed by atoms with Gasteiger partial charge in [0.15, 0.2) is 0 Å². The van der Waals surface area contributed by atoms with E-state index in [0.29, 0.717) is 11.1 Å². The second-order valence-corrected chi connectivity index (χ2v) is 4.76. The van der Waals surface area contributed by atoms with Crippen molar-refractivity contribution in [3.63, 3.8) is 0 Å². The fraction of sp³-hybridized carbons (Fsp3) is 0.200. The van der Waals surface area contributed by atoms with Crippen LogP contribution in [0.3, 0.4) is 0 Å². The van der Waals surface area contributed by atoms with Crippen molar-refractivity contribution in [3.8, 4) is 0 Å². The van der Waals surface area contributed by atoms with E-state index in [9.17, 15) is 13.2 Å². The van der Waals surface area contributed by atoms with E-state index >= 15 is 0 Å². The quantitative estimate of drug-likeness (QED) is 0.667. The average molecular weight is 280 g/mol. The van der Waals surface area contributed by atoms with Gasteiger partial charge in [0.1, 0.15) is 17.5 Å². The minimum absolute atomic E-state index is 0.258. The van der Waals surface area contributed by atoms with E-state index in [1.165, 1.54) is 24.3 Å². The van der Waals surface area contributed by atoms with Crippen molar-refractivity contribution >= 4 is 0 Å². The number of nitrogens with two attached hydrogens (primary N) is 1. The van der Waals surface area contributed by atoms with Gasteiger partial charge < -0.3 is 0 Å². The molecule has 0 saturated heterocycles. The molecule has 1 atom stereocenters. The Hall–Kier alpha value is -1.85. The predicted molar refractivity (Wildman–Crippen MR) is 71.3 cm³/mol. The zero-order chi connectivity index (χ0) is 14.7. The van der Waals surface area contributed by atoms with Gasteiger partial charge in [0.05, 0.1) is 6.04 Å². The number of halogens is 3. The Morgan fingerprint density at radius 1 is 0.950 bits per heavy atom. The normalized spacial score (nSPS) is 12.4. The highest BCUT2D eigenvalue weighted by molar-refractivity contribution is 5.28. The summed E-state index contributed by atoms with van der Waals surface area (Å²) in [5.74, 6) is 3.81. The van der Waals surface area contributed by atoms with Crippen molar-refractivity contribution in [2.24, 2.45) is 5.84 Å². The number of rotatable bonds is 4. The van der Waals surface area contributed by atoms with Crippen LogP contribution in [0.4, 0.5) is 13.2 Å². The molecule has 0 amide bonds. The molecule has 5 heteroatoms. The summed E-state index contributed by atoms with van der Waals surface area (Å²) in [6.07, 6.45) is 0.258. The molecule has 1 unspecified atom stereocenters. The molecule has 3 N–H and O–H groups in total. The average Bonchev–Trinajstić information content (AvgIpc) is 2.33. The molecule has 106 valence electrons. The first-order valence-electron chi connectivity index (χ1n) is 6.16. The van der Waals surface area contributed by atoms with Crippen molar-refractivity contribution in [3.05, 3.63) is 70.5 Å². The van der Waals surface area contributed by atoms with Crippen LogP contribution in [0.2, 0.25) is 0 Å². The van der Waals surface area contributed by atoms with Crippen LogP contribution in [0.25, 0.3) is 0 Å². The summed E-state index contributed by atoms with van der Waals surface area (Å²) in [5, 5.41) is 0. The Labute approximate surface area is 115 Å². The monoisotopic (exact) mass is 280 g/mol. The molecular formula is C15H15F3N2. The maximum Gasteiger partial charge on any atom is 0.126 e. The molecule has 0 saturated carbocycles. The molecule has 0 heterocycles. The third kappa shape index (κ3) is 3.59. The number of aryl methyl sites for hydroxylation is 1. The van der Waals surface area contributed by atoms with Gasteiger partial charge in [-0.1, -0.05) is 6.07 Å². The van der Waals surface area contributed by atoms with Crippen molar-refractivity contribution in [1.29, 1.82) is 0 Å². The van der Waals surface area contributed by atoms with E-state index < -0.39 is 17.7 Å². The largest absolute Gasteiger partial charge is 0.271 e. The molecule has 2 nitrogen and oxygen atoms in total. The van der Waals surface area contributed by atoms with Gasteiger partial charge in [-0.25, -0.2) is 13.2 Å². The van der Waals surface area contributed by atoms with Crippen LogP contribution in [-0.4, -0.2) is 0 Å². The molecule has 0 aromatic heterocycles. The van der Waals surface area contributed by atoms with E-state index in [1.54, 1.807) is 13.0 Å². The fourth-order valence-electron chi connectivity index (χ4n) is 2.20. The maximum atomic E-state index is 13.4. The number of hydrogen-bond donors (Lipinski definition) is 2. The lowest BCUT2D eigenvalue weighted by Gasteiger charge is -2.17. The molecule has 0 aliphatic heterocycles. The van der Waals surface area contributed by atoms with E-state index in [2.05, 4.69) is 5.43 Å². The van der Waals surface area contributed by atoms with Gasteiger partial charge in [0, 0.05) is 6.07 Å². The summed E-state index contributed by atoms with van der Waals surface area (Å²) in [6, 6.07) is 7.39. The fourth-order valence-corrected chi connectivity index (χ4v) is 2.20. The molecule has 2 rings (SSSR count). The van der Waals surface area contributed by atoms with Gasteiger partial charge in [-0.05, 0) is 54.3 Å². The van der Waals surface area contributed by atoms with Crippen molar-refractivity contribution in [2.75, 3.05) is 0 Å². The zero-order valence-electron chi connectivity index (χ0n) is 11.0. The minimum atomic E-state index is -0.647. The second kappa shape index (κ2) is 6.07. The zero-order valence-corrected chi connectivity index (χ0v) is 11.0. The van der Waals surface area contributed by atoms with Gasteiger partial charge in [-0.15, -0.1) is 0 Å². The van der Waals surface area contributed by atoms with Crippen LogP contribution < -0.4 is 11.3 Å². The van der Waals surface area contributed by atoms with Gasteiger partial charge in [0.25, 0.3) is 0 Å². The standard InChI is InChI=1S/C15H15F3N2/c1-9-2-11(7-12(16)3-9)15(20-19)6-10-4-13(17)8-14(18)5-10/h2-5,7-8,15,20H,6,19H2,1H3. The summed E-state index contributed by atoms with van der Waals surface area (Å²) < 4.78 is 39.7. The minimum Gasteiger partial charge on any atom is -0.271 e. The Morgan fingerprint density at radius 2 is 1.55 bits per heavy atom. The summed E-state index contributed by atoms with van der Waals surface area (Å²) in [5.41, 5.74) is 4.39. The highest BCUT2D eigenvalue weighted by Gasteiger charge is 2.13. The summed E-state index contributed by atoms with van der Waals surface area (Å²) in [4.78, 5) is 0. The molecule has 20 heavy (non-hydrogen) atoms. The molecule has 0 aliphatic carbocycles. The SMILES string of the molecule is Cc1cc(F)cc(C(Cc2cc(F)cc(F)c2)NN)c1. The highest BCUT2D eigenvalue weighted by atomic mass is 19.1. The van der Waals surface area contributed by atoms with Crippen molar-refractivity contribution < 1.29 is 13.2 Å².